The molecule has 5 nitrogen and oxygen atoms in total. The van der Waals surface area contributed by atoms with Crippen LogP contribution in [0, 0.1) is 0 Å². The van der Waals surface area contributed by atoms with Crippen LogP contribution in [0.4, 0.5) is 0 Å². The fourth-order valence-corrected chi connectivity index (χ4v) is 2.31. The average molecular weight is 252 g/mol. The van der Waals surface area contributed by atoms with Gasteiger partial charge in [0.25, 0.3) is 0 Å². The summed E-state index contributed by atoms with van der Waals surface area (Å²) in [7, 11) is 0. The van der Waals surface area contributed by atoms with Gasteiger partial charge in [-0.3, -0.25) is 0 Å². The van der Waals surface area contributed by atoms with Gasteiger partial charge in [0.05, 0.1) is 12.4 Å². The van der Waals surface area contributed by atoms with Crippen LogP contribution in [0.15, 0.2) is 18.7 Å². The van der Waals surface area contributed by atoms with Crippen molar-refractivity contribution in [1.82, 2.24) is 14.5 Å². The smallest absolute Gasteiger partial charge is 0.0946 e. The molecule has 2 heterocycles. The molecular weight excluding hydrogens is 228 g/mol. The lowest BCUT2D eigenvalue weighted by Gasteiger charge is -2.31. The third-order valence-corrected chi connectivity index (χ3v) is 3.47. The molecule has 0 bridgehead atoms. The summed E-state index contributed by atoms with van der Waals surface area (Å²) in [5, 5.41) is 0. The van der Waals surface area contributed by atoms with Crippen LogP contribution in [0.2, 0.25) is 0 Å². The highest BCUT2D eigenvalue weighted by atomic mass is 16.5. The minimum atomic E-state index is 0.445. The molecular formula is C13H24N4O. The molecule has 0 amide bonds. The zero-order valence-corrected chi connectivity index (χ0v) is 11.0. The number of likely N-dealkylation sites (tertiary alicyclic amines) is 1. The summed E-state index contributed by atoms with van der Waals surface area (Å²) in [6, 6.07) is 0. The third kappa shape index (κ3) is 4.40. The first kappa shape index (κ1) is 13.5. The SMILES string of the molecule is NCCCOC1CCN(CCn2ccnc2)CC1. The van der Waals surface area contributed by atoms with Gasteiger partial charge in [0, 0.05) is 45.2 Å². The first-order chi connectivity index (χ1) is 8.88. The monoisotopic (exact) mass is 252 g/mol. The maximum atomic E-state index is 5.80. The number of nitrogens with zero attached hydrogens (tertiary/aromatic N) is 3. The van der Waals surface area contributed by atoms with Crippen molar-refractivity contribution in [2.45, 2.75) is 31.9 Å². The highest BCUT2D eigenvalue weighted by Gasteiger charge is 2.18. The van der Waals surface area contributed by atoms with E-state index in [4.69, 9.17) is 10.5 Å². The lowest BCUT2D eigenvalue weighted by molar-refractivity contribution is 0.00671. The van der Waals surface area contributed by atoms with Gasteiger partial charge < -0.3 is 19.9 Å². The molecule has 1 aliphatic rings. The van der Waals surface area contributed by atoms with E-state index in [0.29, 0.717) is 6.10 Å². The van der Waals surface area contributed by atoms with Crippen LogP contribution in [-0.4, -0.2) is 53.3 Å². The van der Waals surface area contributed by atoms with Crippen molar-refractivity contribution in [2.24, 2.45) is 5.73 Å². The Balaban J connectivity index is 1.58. The largest absolute Gasteiger partial charge is 0.378 e. The second kappa shape index (κ2) is 7.51. The number of hydrogen-bond acceptors (Lipinski definition) is 4. The molecule has 0 spiro atoms. The number of imidazole rings is 1. The Bertz CT molecular complexity index is 307. The van der Waals surface area contributed by atoms with Gasteiger partial charge in [-0.2, -0.15) is 0 Å². The molecule has 0 atom stereocenters. The molecule has 102 valence electrons. The fraction of sp³-hybridized carbons (Fsp3) is 0.769. The van der Waals surface area contributed by atoms with Crippen molar-refractivity contribution in [3.8, 4) is 0 Å². The molecule has 18 heavy (non-hydrogen) atoms. The molecule has 0 unspecified atom stereocenters. The zero-order chi connectivity index (χ0) is 12.6. The number of aromatic nitrogens is 2. The van der Waals surface area contributed by atoms with Crippen LogP contribution in [0.5, 0.6) is 0 Å². The summed E-state index contributed by atoms with van der Waals surface area (Å²) in [6.07, 6.45) is 9.44. The molecule has 1 saturated heterocycles. The normalized spacial score (nSPS) is 18.3. The van der Waals surface area contributed by atoms with E-state index < -0.39 is 0 Å². The van der Waals surface area contributed by atoms with Crippen LogP contribution in [0.1, 0.15) is 19.3 Å². The number of piperidine rings is 1. The molecule has 0 aromatic carbocycles. The molecule has 1 aromatic rings. The van der Waals surface area contributed by atoms with E-state index in [1.54, 1.807) is 0 Å². The minimum absolute atomic E-state index is 0.445. The van der Waals surface area contributed by atoms with E-state index in [0.717, 1.165) is 58.6 Å². The quantitative estimate of drug-likeness (QED) is 0.726. The maximum Gasteiger partial charge on any atom is 0.0946 e. The Morgan fingerprint density at radius 3 is 2.78 bits per heavy atom. The fourth-order valence-electron chi connectivity index (χ4n) is 2.31. The van der Waals surface area contributed by atoms with Crippen molar-refractivity contribution in [3.05, 3.63) is 18.7 Å². The van der Waals surface area contributed by atoms with Crippen molar-refractivity contribution < 1.29 is 4.74 Å². The van der Waals surface area contributed by atoms with Crippen molar-refractivity contribution in [3.63, 3.8) is 0 Å². The Hall–Kier alpha value is -0.910. The van der Waals surface area contributed by atoms with E-state index in [-0.39, 0.29) is 0 Å². The van der Waals surface area contributed by atoms with Crippen molar-refractivity contribution >= 4 is 0 Å². The molecule has 2 N–H and O–H groups in total. The van der Waals surface area contributed by atoms with Gasteiger partial charge >= 0.3 is 0 Å². The average Bonchev–Trinajstić information content (AvgIpc) is 2.91. The second-order valence-electron chi connectivity index (χ2n) is 4.85. The first-order valence-corrected chi connectivity index (χ1v) is 6.88. The standard InChI is InChI=1S/C13H24N4O/c14-4-1-11-18-13-2-6-16(7-3-13)9-10-17-8-5-15-12-17/h5,8,12-13H,1-4,6-7,9-11,14H2. The van der Waals surface area contributed by atoms with E-state index in [9.17, 15) is 0 Å². The summed E-state index contributed by atoms with van der Waals surface area (Å²) in [5.74, 6) is 0. The van der Waals surface area contributed by atoms with Gasteiger partial charge in [0.15, 0.2) is 0 Å². The van der Waals surface area contributed by atoms with Crippen molar-refractivity contribution in [2.75, 3.05) is 32.8 Å². The van der Waals surface area contributed by atoms with Crippen LogP contribution < -0.4 is 5.73 Å². The van der Waals surface area contributed by atoms with Crippen LogP contribution in [-0.2, 0) is 11.3 Å². The van der Waals surface area contributed by atoms with Gasteiger partial charge in [-0.1, -0.05) is 0 Å². The summed E-state index contributed by atoms with van der Waals surface area (Å²) < 4.78 is 7.93. The lowest BCUT2D eigenvalue weighted by Crippen LogP contribution is -2.38. The zero-order valence-electron chi connectivity index (χ0n) is 11.0. The molecule has 0 saturated carbocycles. The Labute approximate surface area is 109 Å². The van der Waals surface area contributed by atoms with Crippen LogP contribution in [0.3, 0.4) is 0 Å². The van der Waals surface area contributed by atoms with Crippen molar-refractivity contribution in [1.29, 1.82) is 0 Å². The van der Waals surface area contributed by atoms with E-state index in [2.05, 4.69) is 14.5 Å². The Morgan fingerprint density at radius 2 is 2.11 bits per heavy atom. The lowest BCUT2D eigenvalue weighted by atomic mass is 10.1. The predicted octanol–water partition coefficient (Wildman–Crippen LogP) is 0.713. The molecule has 1 aromatic heterocycles. The van der Waals surface area contributed by atoms with Gasteiger partial charge in [-0.15, -0.1) is 0 Å². The molecule has 1 aliphatic heterocycles. The summed E-state index contributed by atoms with van der Waals surface area (Å²) in [4.78, 5) is 6.56. The predicted molar refractivity (Wildman–Crippen MR) is 71.3 cm³/mol. The number of rotatable bonds is 7. The molecule has 2 rings (SSSR count). The van der Waals surface area contributed by atoms with Crippen LogP contribution in [0.25, 0.3) is 0 Å². The molecule has 0 radical (unpaired) electrons. The van der Waals surface area contributed by atoms with E-state index >= 15 is 0 Å². The highest BCUT2D eigenvalue weighted by Crippen LogP contribution is 2.13. The Morgan fingerprint density at radius 1 is 1.28 bits per heavy atom. The second-order valence-corrected chi connectivity index (χ2v) is 4.85. The highest BCUT2D eigenvalue weighted by molar-refractivity contribution is 4.76. The van der Waals surface area contributed by atoms with Gasteiger partial charge in [-0.05, 0) is 25.8 Å². The number of ether oxygens (including phenoxy) is 1. The molecule has 1 fully saturated rings. The third-order valence-electron chi connectivity index (χ3n) is 3.47. The number of hydrogen-bond donors (Lipinski definition) is 1. The van der Waals surface area contributed by atoms with Gasteiger partial charge in [-0.25, -0.2) is 4.98 Å². The first-order valence-electron chi connectivity index (χ1n) is 6.88. The van der Waals surface area contributed by atoms with Gasteiger partial charge in [0.1, 0.15) is 0 Å². The summed E-state index contributed by atoms with van der Waals surface area (Å²) in [6.45, 7) is 5.95. The number of nitrogens with two attached hydrogens (primary N) is 1. The van der Waals surface area contributed by atoms with E-state index in [1.165, 1.54) is 0 Å². The van der Waals surface area contributed by atoms with Gasteiger partial charge in [0.2, 0.25) is 0 Å². The summed E-state index contributed by atoms with van der Waals surface area (Å²) in [5.41, 5.74) is 5.46. The maximum absolute atomic E-state index is 5.80. The summed E-state index contributed by atoms with van der Waals surface area (Å²) >= 11 is 0. The van der Waals surface area contributed by atoms with E-state index in [1.807, 2.05) is 18.7 Å². The topological polar surface area (TPSA) is 56.3 Å². The molecule has 0 aliphatic carbocycles. The van der Waals surface area contributed by atoms with Crippen LogP contribution >= 0.6 is 0 Å². The molecule has 5 heteroatoms. The Kier molecular flexibility index (Phi) is 5.64. The minimum Gasteiger partial charge on any atom is -0.378 e.